The maximum Gasteiger partial charge on any atom is 0.180 e. The Morgan fingerprint density at radius 3 is 3.00 bits per heavy atom. The lowest BCUT2D eigenvalue weighted by Gasteiger charge is -2.25. The number of likely N-dealkylation sites (tertiary alicyclic amines) is 1. The molecule has 0 saturated carbocycles. The molecule has 0 bridgehead atoms. The van der Waals surface area contributed by atoms with Crippen LogP contribution in [0.25, 0.3) is 0 Å². The fraction of sp³-hybridized carbons (Fsp3) is 0.438. The summed E-state index contributed by atoms with van der Waals surface area (Å²) in [5.74, 6) is 0. The van der Waals surface area contributed by atoms with Crippen molar-refractivity contribution in [3.05, 3.63) is 40.9 Å². The summed E-state index contributed by atoms with van der Waals surface area (Å²) in [5, 5.41) is 0.662. The van der Waals surface area contributed by atoms with Crippen molar-refractivity contribution >= 4 is 22.2 Å². The number of nitrogen functional groups attached to an aromatic ring is 1. The van der Waals surface area contributed by atoms with Crippen LogP contribution in [0.3, 0.4) is 0 Å². The highest BCUT2D eigenvalue weighted by Gasteiger charge is 2.26. The Balaban J connectivity index is 1.78. The first-order valence-corrected chi connectivity index (χ1v) is 8.16. The van der Waals surface area contributed by atoms with Gasteiger partial charge in [-0.25, -0.2) is 4.98 Å². The van der Waals surface area contributed by atoms with Crippen LogP contribution >= 0.6 is 11.3 Å². The highest BCUT2D eigenvalue weighted by atomic mass is 32.1. The molecule has 0 spiro atoms. The third-order valence-electron chi connectivity index (χ3n) is 4.07. The smallest absolute Gasteiger partial charge is 0.180 e. The van der Waals surface area contributed by atoms with Crippen LogP contribution < -0.4 is 10.6 Å². The number of hydrogen-bond acceptors (Lipinski definition) is 5. The van der Waals surface area contributed by atoms with E-state index in [9.17, 15) is 0 Å². The van der Waals surface area contributed by atoms with Gasteiger partial charge in [-0.2, -0.15) is 0 Å². The van der Waals surface area contributed by atoms with Crippen molar-refractivity contribution in [1.29, 1.82) is 0 Å². The van der Waals surface area contributed by atoms with E-state index >= 15 is 0 Å². The molecule has 1 aliphatic heterocycles. The van der Waals surface area contributed by atoms with Crippen molar-refractivity contribution in [1.82, 2.24) is 9.88 Å². The molecule has 4 nitrogen and oxygen atoms in total. The molecule has 1 aromatic heterocycles. The summed E-state index contributed by atoms with van der Waals surface area (Å²) in [6.07, 6.45) is 4.39. The Kier molecular flexibility index (Phi) is 4.12. The van der Waals surface area contributed by atoms with E-state index in [4.69, 9.17) is 5.73 Å². The highest BCUT2D eigenvalue weighted by Crippen LogP contribution is 2.35. The van der Waals surface area contributed by atoms with E-state index in [1.54, 1.807) is 11.3 Å². The maximum absolute atomic E-state index is 5.74. The summed E-state index contributed by atoms with van der Waals surface area (Å²) in [4.78, 5) is 10.1. The number of thiazole rings is 1. The molecular formula is C16H22N4S. The fourth-order valence-corrected chi connectivity index (χ4v) is 3.71. The number of nitrogens with zero attached hydrogens (tertiary/aromatic N) is 3. The van der Waals surface area contributed by atoms with Gasteiger partial charge in [-0.3, -0.25) is 4.90 Å². The van der Waals surface area contributed by atoms with Gasteiger partial charge in [-0.1, -0.05) is 12.1 Å². The predicted molar refractivity (Wildman–Crippen MR) is 89.7 cm³/mol. The summed E-state index contributed by atoms with van der Waals surface area (Å²) in [5.41, 5.74) is 8.41. The van der Waals surface area contributed by atoms with Crippen LogP contribution in [-0.2, 0) is 6.54 Å². The van der Waals surface area contributed by atoms with Crippen LogP contribution in [0, 0.1) is 0 Å². The first-order valence-electron chi connectivity index (χ1n) is 7.35. The SMILES string of the molecule is CN(C)c1cccc(C2CCCN2Cc2cnc(N)s2)c1. The van der Waals surface area contributed by atoms with E-state index in [1.807, 2.05) is 6.20 Å². The Morgan fingerprint density at radius 1 is 1.43 bits per heavy atom. The standard InChI is InChI=1S/C16H22N4S/c1-19(2)13-6-3-5-12(9-13)15-7-4-8-20(15)11-14-10-18-16(17)21-14/h3,5-6,9-10,15H,4,7-8,11H2,1-2H3,(H2,17,18). The molecule has 0 amide bonds. The minimum absolute atomic E-state index is 0.508. The van der Waals surface area contributed by atoms with Gasteiger partial charge in [-0.15, -0.1) is 11.3 Å². The van der Waals surface area contributed by atoms with Gasteiger partial charge in [0.05, 0.1) is 0 Å². The van der Waals surface area contributed by atoms with Crippen LogP contribution in [0.15, 0.2) is 30.5 Å². The molecule has 21 heavy (non-hydrogen) atoms. The third kappa shape index (κ3) is 3.19. The monoisotopic (exact) mass is 302 g/mol. The minimum Gasteiger partial charge on any atom is -0.378 e. The van der Waals surface area contributed by atoms with E-state index in [-0.39, 0.29) is 0 Å². The minimum atomic E-state index is 0.508. The van der Waals surface area contributed by atoms with Gasteiger partial charge >= 0.3 is 0 Å². The molecular weight excluding hydrogens is 280 g/mol. The molecule has 3 rings (SSSR count). The number of anilines is 2. The number of benzene rings is 1. The van der Waals surface area contributed by atoms with Gasteiger partial charge in [0.2, 0.25) is 0 Å². The molecule has 1 saturated heterocycles. The van der Waals surface area contributed by atoms with Crippen molar-refractivity contribution < 1.29 is 0 Å². The fourth-order valence-electron chi connectivity index (χ4n) is 3.00. The van der Waals surface area contributed by atoms with Crippen molar-refractivity contribution in [2.24, 2.45) is 0 Å². The summed E-state index contributed by atoms with van der Waals surface area (Å²) in [6, 6.07) is 9.38. The van der Waals surface area contributed by atoms with Crippen LogP contribution in [0.2, 0.25) is 0 Å². The molecule has 1 aliphatic rings. The van der Waals surface area contributed by atoms with E-state index < -0.39 is 0 Å². The molecule has 112 valence electrons. The number of hydrogen-bond donors (Lipinski definition) is 1. The summed E-state index contributed by atoms with van der Waals surface area (Å²) in [7, 11) is 4.18. The Bertz CT molecular complexity index is 608. The van der Waals surface area contributed by atoms with E-state index in [0.717, 1.165) is 13.1 Å². The molecule has 2 N–H and O–H groups in total. The largest absolute Gasteiger partial charge is 0.378 e. The number of aromatic nitrogens is 1. The molecule has 1 atom stereocenters. The first-order chi connectivity index (χ1) is 10.1. The lowest BCUT2D eigenvalue weighted by Crippen LogP contribution is -2.22. The Hall–Kier alpha value is -1.59. The van der Waals surface area contributed by atoms with Gasteiger partial charge in [-0.05, 0) is 37.1 Å². The molecule has 1 aromatic carbocycles. The van der Waals surface area contributed by atoms with Crippen molar-refractivity contribution in [3.8, 4) is 0 Å². The van der Waals surface area contributed by atoms with Crippen LogP contribution in [0.1, 0.15) is 29.3 Å². The van der Waals surface area contributed by atoms with E-state index in [0.29, 0.717) is 11.2 Å². The van der Waals surface area contributed by atoms with Gasteiger partial charge in [0.15, 0.2) is 5.13 Å². The highest BCUT2D eigenvalue weighted by molar-refractivity contribution is 7.15. The first kappa shape index (κ1) is 14.4. The summed E-state index contributed by atoms with van der Waals surface area (Å²) < 4.78 is 0. The van der Waals surface area contributed by atoms with Gasteiger partial charge in [0, 0.05) is 43.4 Å². The molecule has 1 unspecified atom stereocenters. The molecule has 2 aromatic rings. The second-order valence-corrected chi connectivity index (χ2v) is 6.93. The van der Waals surface area contributed by atoms with E-state index in [1.165, 1.54) is 29.0 Å². The van der Waals surface area contributed by atoms with Crippen LogP contribution in [-0.4, -0.2) is 30.5 Å². The van der Waals surface area contributed by atoms with Crippen molar-refractivity contribution in [3.63, 3.8) is 0 Å². The van der Waals surface area contributed by atoms with Crippen LogP contribution in [0.5, 0.6) is 0 Å². The lowest BCUT2D eigenvalue weighted by molar-refractivity contribution is 0.250. The zero-order valence-electron chi connectivity index (χ0n) is 12.6. The average Bonchev–Trinajstić information content (AvgIpc) is 3.09. The second kappa shape index (κ2) is 6.03. The van der Waals surface area contributed by atoms with Gasteiger partial charge < -0.3 is 10.6 Å². The third-order valence-corrected chi connectivity index (χ3v) is 4.88. The normalized spacial score (nSPS) is 19.0. The zero-order valence-corrected chi connectivity index (χ0v) is 13.4. The number of rotatable bonds is 4. The molecule has 0 radical (unpaired) electrons. The average molecular weight is 302 g/mol. The van der Waals surface area contributed by atoms with Gasteiger partial charge in [0.25, 0.3) is 0 Å². The molecule has 2 heterocycles. The second-order valence-electron chi connectivity index (χ2n) is 5.78. The van der Waals surface area contributed by atoms with Crippen molar-refractivity contribution in [2.75, 3.05) is 31.3 Å². The summed E-state index contributed by atoms with van der Waals surface area (Å²) in [6.45, 7) is 2.10. The number of nitrogens with two attached hydrogens (primary N) is 1. The Labute approximate surface area is 130 Å². The quantitative estimate of drug-likeness (QED) is 0.942. The van der Waals surface area contributed by atoms with Gasteiger partial charge in [0.1, 0.15) is 0 Å². The molecule has 0 aliphatic carbocycles. The lowest BCUT2D eigenvalue weighted by atomic mass is 10.0. The topological polar surface area (TPSA) is 45.4 Å². The predicted octanol–water partition coefficient (Wildman–Crippen LogP) is 3.13. The van der Waals surface area contributed by atoms with E-state index in [2.05, 4.69) is 53.1 Å². The Morgan fingerprint density at radius 2 is 2.29 bits per heavy atom. The maximum atomic E-state index is 5.74. The molecule has 5 heteroatoms. The van der Waals surface area contributed by atoms with Crippen LogP contribution in [0.4, 0.5) is 10.8 Å². The molecule has 1 fully saturated rings. The zero-order chi connectivity index (χ0) is 14.8. The van der Waals surface area contributed by atoms with Crippen molar-refractivity contribution in [2.45, 2.75) is 25.4 Å². The summed E-state index contributed by atoms with van der Waals surface area (Å²) >= 11 is 1.60.